The van der Waals surface area contributed by atoms with E-state index in [9.17, 15) is 9.90 Å². The fourth-order valence-corrected chi connectivity index (χ4v) is 2.86. The van der Waals surface area contributed by atoms with E-state index in [4.69, 9.17) is 22.1 Å². The van der Waals surface area contributed by atoms with Gasteiger partial charge in [0.1, 0.15) is 12.4 Å². The zero-order chi connectivity index (χ0) is 16.2. The molecule has 1 aliphatic rings. The highest BCUT2D eigenvalue weighted by atomic mass is 35.5. The highest BCUT2D eigenvalue weighted by Crippen LogP contribution is 2.28. The quantitative estimate of drug-likeness (QED) is 0.864. The second kappa shape index (κ2) is 7.31. The number of rotatable bonds is 5. The molecule has 0 radical (unpaired) electrons. The third-order valence-corrected chi connectivity index (χ3v) is 4.28. The maximum Gasteiger partial charge on any atom is 0.231 e. The smallest absolute Gasteiger partial charge is 0.231 e. The number of nitrogens with two attached hydrogens (primary N) is 1. The van der Waals surface area contributed by atoms with E-state index in [-0.39, 0.29) is 19.1 Å². The number of ether oxygens (including phenoxy) is 1. The van der Waals surface area contributed by atoms with Crippen LogP contribution >= 0.6 is 11.6 Å². The van der Waals surface area contributed by atoms with E-state index in [0.29, 0.717) is 30.2 Å². The number of aliphatic hydroxyl groups is 1. The van der Waals surface area contributed by atoms with E-state index in [1.54, 1.807) is 6.07 Å². The average molecular weight is 327 g/mol. The molecule has 1 aromatic carbocycles. The first-order valence-corrected chi connectivity index (χ1v) is 7.88. The molecule has 122 valence electrons. The minimum atomic E-state index is -0.903. The summed E-state index contributed by atoms with van der Waals surface area (Å²) in [6, 6.07) is 5.57. The molecule has 2 rings (SSSR count). The Morgan fingerprint density at radius 3 is 2.95 bits per heavy atom. The van der Waals surface area contributed by atoms with E-state index >= 15 is 0 Å². The van der Waals surface area contributed by atoms with Crippen LogP contribution in [0, 0.1) is 6.92 Å². The Balaban J connectivity index is 1.94. The van der Waals surface area contributed by atoms with Gasteiger partial charge in [-0.1, -0.05) is 17.7 Å². The molecule has 0 bridgehead atoms. The lowest BCUT2D eigenvalue weighted by atomic mass is 9.96. The molecule has 0 saturated carbocycles. The van der Waals surface area contributed by atoms with Crippen molar-refractivity contribution in [1.29, 1.82) is 0 Å². The van der Waals surface area contributed by atoms with Crippen LogP contribution in [0.4, 0.5) is 0 Å². The molecule has 1 aliphatic heterocycles. The van der Waals surface area contributed by atoms with Crippen molar-refractivity contribution in [2.24, 2.45) is 5.73 Å². The summed E-state index contributed by atoms with van der Waals surface area (Å²) in [6.45, 7) is 3.79. The maximum atomic E-state index is 11.0. The van der Waals surface area contributed by atoms with E-state index in [0.717, 1.165) is 18.5 Å². The number of nitrogens with zero attached hydrogens (tertiary/aromatic N) is 1. The molecular formula is C16H23ClN2O3. The Kier molecular flexibility index (Phi) is 5.67. The monoisotopic (exact) mass is 326 g/mol. The molecule has 0 aliphatic carbocycles. The first-order valence-electron chi connectivity index (χ1n) is 7.50. The third-order valence-electron chi connectivity index (χ3n) is 3.97. The second-order valence-corrected chi connectivity index (χ2v) is 6.45. The number of carbonyl (C=O) groups is 1. The normalized spacial score (nSPS) is 23.0. The summed E-state index contributed by atoms with van der Waals surface area (Å²) in [6.07, 6.45) is 1.98. The molecular weight excluding hydrogens is 304 g/mol. The minimum absolute atomic E-state index is 0.195. The van der Waals surface area contributed by atoms with Crippen molar-refractivity contribution in [3.05, 3.63) is 28.8 Å². The first-order chi connectivity index (χ1) is 10.4. The molecule has 1 saturated heterocycles. The van der Waals surface area contributed by atoms with Gasteiger partial charge in [-0.15, -0.1) is 0 Å². The lowest BCUT2D eigenvalue weighted by molar-refractivity contribution is -0.119. The largest absolute Gasteiger partial charge is 0.489 e. The number of aryl methyl sites for hydroxylation is 1. The van der Waals surface area contributed by atoms with Crippen molar-refractivity contribution < 1.29 is 14.6 Å². The van der Waals surface area contributed by atoms with Gasteiger partial charge in [-0.05, 0) is 50.4 Å². The first kappa shape index (κ1) is 17.1. The van der Waals surface area contributed by atoms with Crippen LogP contribution in [0.3, 0.4) is 0 Å². The molecule has 5 nitrogen and oxygen atoms in total. The molecule has 1 fully saturated rings. The Hall–Kier alpha value is -1.30. The van der Waals surface area contributed by atoms with Crippen molar-refractivity contribution in [3.63, 3.8) is 0 Å². The summed E-state index contributed by atoms with van der Waals surface area (Å²) >= 11 is 6.11. The molecule has 22 heavy (non-hydrogen) atoms. The maximum absolute atomic E-state index is 11.0. The van der Waals surface area contributed by atoms with Crippen LogP contribution in [0.1, 0.15) is 24.8 Å². The Morgan fingerprint density at radius 2 is 2.23 bits per heavy atom. The molecule has 3 N–H and O–H groups in total. The number of halogens is 1. The predicted octanol–water partition coefficient (Wildman–Crippen LogP) is 1.73. The number of benzene rings is 1. The highest BCUT2D eigenvalue weighted by molar-refractivity contribution is 6.32. The summed E-state index contributed by atoms with van der Waals surface area (Å²) in [5.41, 5.74) is 5.38. The second-order valence-electron chi connectivity index (χ2n) is 6.04. The zero-order valence-corrected chi connectivity index (χ0v) is 13.6. The molecule has 1 heterocycles. The van der Waals surface area contributed by atoms with Crippen molar-refractivity contribution in [1.82, 2.24) is 4.90 Å². The molecule has 0 aromatic heterocycles. The third kappa shape index (κ3) is 4.87. The van der Waals surface area contributed by atoms with Gasteiger partial charge in [0.15, 0.2) is 0 Å². The van der Waals surface area contributed by atoms with Crippen LogP contribution in [-0.4, -0.2) is 47.8 Å². The number of primary amides is 1. The van der Waals surface area contributed by atoms with E-state index < -0.39 is 5.60 Å². The lowest BCUT2D eigenvalue weighted by Crippen LogP contribution is -2.38. The van der Waals surface area contributed by atoms with Gasteiger partial charge in [0.25, 0.3) is 0 Å². The Morgan fingerprint density at radius 1 is 1.45 bits per heavy atom. The van der Waals surface area contributed by atoms with Gasteiger partial charge in [0, 0.05) is 6.54 Å². The summed E-state index contributed by atoms with van der Waals surface area (Å²) in [5, 5.41) is 11.3. The van der Waals surface area contributed by atoms with Crippen molar-refractivity contribution in [3.8, 4) is 5.75 Å². The highest BCUT2D eigenvalue weighted by Gasteiger charge is 2.31. The number of amides is 1. The predicted molar refractivity (Wildman–Crippen MR) is 86.1 cm³/mol. The van der Waals surface area contributed by atoms with Crippen LogP contribution in [-0.2, 0) is 4.79 Å². The fourth-order valence-electron chi connectivity index (χ4n) is 2.69. The number of likely N-dealkylation sites (tertiary alicyclic amines) is 1. The molecule has 6 heteroatoms. The molecule has 1 aromatic rings. The molecule has 0 spiro atoms. The van der Waals surface area contributed by atoms with Crippen LogP contribution < -0.4 is 10.5 Å². The summed E-state index contributed by atoms with van der Waals surface area (Å²) in [4.78, 5) is 13.0. The van der Waals surface area contributed by atoms with E-state index in [1.807, 2.05) is 24.0 Å². The van der Waals surface area contributed by atoms with E-state index in [2.05, 4.69) is 0 Å². The average Bonchev–Trinajstić information content (AvgIpc) is 2.62. The van der Waals surface area contributed by atoms with Gasteiger partial charge < -0.3 is 15.6 Å². The number of hydrogen-bond acceptors (Lipinski definition) is 4. The summed E-state index contributed by atoms with van der Waals surface area (Å²) < 4.78 is 5.74. The van der Waals surface area contributed by atoms with Gasteiger partial charge in [0.05, 0.1) is 17.2 Å². The van der Waals surface area contributed by atoms with Crippen LogP contribution in [0.5, 0.6) is 5.75 Å². The standard InChI is InChI=1S/C16H23ClN2O3/c1-12-3-4-13(17)14(9-12)22-11-16(21)5-2-7-19(8-6-16)10-15(18)20/h3-4,9,21H,2,5-8,10-11H2,1H3,(H2,18,20). The van der Waals surface area contributed by atoms with Crippen LogP contribution in [0.2, 0.25) is 5.02 Å². The van der Waals surface area contributed by atoms with Gasteiger partial charge in [0.2, 0.25) is 5.91 Å². The number of carbonyl (C=O) groups excluding carboxylic acids is 1. The van der Waals surface area contributed by atoms with Gasteiger partial charge >= 0.3 is 0 Å². The van der Waals surface area contributed by atoms with Crippen molar-refractivity contribution in [2.75, 3.05) is 26.2 Å². The van der Waals surface area contributed by atoms with Gasteiger partial charge in [-0.25, -0.2) is 0 Å². The van der Waals surface area contributed by atoms with Crippen LogP contribution in [0.15, 0.2) is 18.2 Å². The SMILES string of the molecule is Cc1ccc(Cl)c(OCC2(O)CCCN(CC(N)=O)CC2)c1. The zero-order valence-electron chi connectivity index (χ0n) is 12.8. The molecule has 1 atom stereocenters. The van der Waals surface area contributed by atoms with Gasteiger partial charge in [-0.3, -0.25) is 9.69 Å². The Labute approximate surface area is 136 Å². The Bertz CT molecular complexity index is 538. The van der Waals surface area contributed by atoms with Crippen molar-refractivity contribution >= 4 is 17.5 Å². The number of hydrogen-bond donors (Lipinski definition) is 2. The van der Waals surface area contributed by atoms with Crippen LogP contribution in [0.25, 0.3) is 0 Å². The summed E-state index contributed by atoms with van der Waals surface area (Å²) in [5.74, 6) is 0.251. The van der Waals surface area contributed by atoms with E-state index in [1.165, 1.54) is 0 Å². The fraction of sp³-hybridized carbons (Fsp3) is 0.562. The molecule has 1 amide bonds. The lowest BCUT2D eigenvalue weighted by Gasteiger charge is -2.27. The van der Waals surface area contributed by atoms with Crippen molar-refractivity contribution in [2.45, 2.75) is 31.8 Å². The molecule has 1 unspecified atom stereocenters. The summed E-state index contributed by atoms with van der Waals surface area (Å²) in [7, 11) is 0. The minimum Gasteiger partial charge on any atom is -0.489 e. The van der Waals surface area contributed by atoms with Gasteiger partial charge in [-0.2, -0.15) is 0 Å². The topological polar surface area (TPSA) is 75.8 Å².